The molecule has 0 N–H and O–H groups in total. The Morgan fingerprint density at radius 1 is 1.43 bits per heavy atom. The van der Waals surface area contributed by atoms with Crippen LogP contribution in [0.5, 0.6) is 5.88 Å². The number of aryl methyl sites for hydroxylation is 1. The summed E-state index contributed by atoms with van der Waals surface area (Å²) in [5.41, 5.74) is 0.592. The van der Waals surface area contributed by atoms with Gasteiger partial charge < -0.3 is 4.74 Å². The molecular formula is C9H12BrFN2O. The fraction of sp³-hybridized carbons (Fsp3) is 0.556. The van der Waals surface area contributed by atoms with E-state index in [-0.39, 0.29) is 10.5 Å². The molecule has 0 radical (unpaired) electrons. The quantitative estimate of drug-likeness (QED) is 0.783. The maximum atomic E-state index is 13.0. The van der Waals surface area contributed by atoms with Gasteiger partial charge in [0.25, 0.3) is 0 Å². The predicted molar refractivity (Wildman–Crippen MR) is 54.8 cm³/mol. The summed E-state index contributed by atoms with van der Waals surface area (Å²) in [4.78, 5) is 7.55. The summed E-state index contributed by atoms with van der Waals surface area (Å²) >= 11 is 2.96. The van der Waals surface area contributed by atoms with Gasteiger partial charge in [-0.3, -0.25) is 0 Å². The van der Waals surface area contributed by atoms with E-state index in [0.717, 1.165) is 12.8 Å². The largest absolute Gasteiger partial charge is 0.476 e. The lowest BCUT2D eigenvalue weighted by atomic mass is 10.4. The molecule has 0 aliphatic heterocycles. The molecule has 1 rings (SSSR count). The van der Waals surface area contributed by atoms with Gasteiger partial charge >= 0.3 is 0 Å². The molecule has 3 nitrogen and oxygen atoms in total. The van der Waals surface area contributed by atoms with Gasteiger partial charge in [-0.15, -0.1) is 0 Å². The van der Waals surface area contributed by atoms with Crippen LogP contribution in [-0.2, 0) is 0 Å². The van der Waals surface area contributed by atoms with E-state index in [9.17, 15) is 4.39 Å². The molecule has 0 spiro atoms. The summed E-state index contributed by atoms with van der Waals surface area (Å²) in [7, 11) is 0. The first-order valence-electron chi connectivity index (χ1n) is 4.47. The standard InChI is InChI=1S/C9H12BrFN2O/c1-3-4-5-14-9-6(2)12-7(10)8(11)13-9/h3-5H2,1-2H3. The summed E-state index contributed by atoms with van der Waals surface area (Å²) in [5.74, 6) is -0.360. The lowest BCUT2D eigenvalue weighted by molar-refractivity contribution is 0.288. The van der Waals surface area contributed by atoms with E-state index >= 15 is 0 Å². The van der Waals surface area contributed by atoms with Gasteiger partial charge in [-0.2, -0.15) is 9.37 Å². The maximum Gasteiger partial charge on any atom is 0.249 e. The Kier molecular flexibility index (Phi) is 4.25. The first-order valence-corrected chi connectivity index (χ1v) is 5.27. The second-order valence-corrected chi connectivity index (χ2v) is 3.65. The van der Waals surface area contributed by atoms with Gasteiger partial charge in [0.1, 0.15) is 5.69 Å². The number of rotatable bonds is 4. The van der Waals surface area contributed by atoms with Crippen molar-refractivity contribution in [1.82, 2.24) is 9.97 Å². The fourth-order valence-corrected chi connectivity index (χ4v) is 1.26. The van der Waals surface area contributed by atoms with E-state index in [1.807, 2.05) is 0 Å². The van der Waals surface area contributed by atoms with Gasteiger partial charge in [0.15, 0.2) is 4.60 Å². The number of halogens is 2. The number of unbranched alkanes of at least 4 members (excludes halogenated alkanes) is 1. The van der Waals surface area contributed by atoms with Gasteiger partial charge in [0.2, 0.25) is 11.8 Å². The van der Waals surface area contributed by atoms with E-state index < -0.39 is 5.95 Å². The Hall–Kier alpha value is -0.710. The molecule has 1 aromatic rings. The molecule has 0 aliphatic rings. The van der Waals surface area contributed by atoms with Crippen molar-refractivity contribution in [3.8, 4) is 5.88 Å². The van der Waals surface area contributed by atoms with Crippen LogP contribution in [0.15, 0.2) is 4.60 Å². The molecule has 0 atom stereocenters. The summed E-state index contributed by atoms with van der Waals surface area (Å²) < 4.78 is 18.4. The molecule has 1 heterocycles. The van der Waals surface area contributed by atoms with Gasteiger partial charge in [0, 0.05) is 0 Å². The molecule has 0 unspecified atom stereocenters. The van der Waals surface area contributed by atoms with E-state index in [4.69, 9.17) is 4.74 Å². The van der Waals surface area contributed by atoms with E-state index in [1.54, 1.807) is 6.92 Å². The molecule has 0 saturated heterocycles. The molecule has 5 heteroatoms. The monoisotopic (exact) mass is 262 g/mol. The van der Waals surface area contributed by atoms with Crippen LogP contribution in [0.4, 0.5) is 4.39 Å². The number of aromatic nitrogens is 2. The molecule has 0 saturated carbocycles. The van der Waals surface area contributed by atoms with Gasteiger partial charge in [-0.25, -0.2) is 4.98 Å². The zero-order chi connectivity index (χ0) is 10.6. The van der Waals surface area contributed by atoms with Crippen LogP contribution in [0.2, 0.25) is 0 Å². The van der Waals surface area contributed by atoms with Crippen molar-refractivity contribution in [1.29, 1.82) is 0 Å². The second-order valence-electron chi connectivity index (χ2n) is 2.90. The lowest BCUT2D eigenvalue weighted by Gasteiger charge is -2.06. The molecule has 0 aliphatic carbocycles. The van der Waals surface area contributed by atoms with Crippen LogP contribution in [0.1, 0.15) is 25.5 Å². The van der Waals surface area contributed by atoms with Crippen molar-refractivity contribution in [3.05, 3.63) is 16.2 Å². The Balaban J connectivity index is 2.72. The Bertz CT molecular complexity index is 320. The number of ether oxygens (including phenoxy) is 1. The second kappa shape index (κ2) is 5.24. The molecule has 0 aromatic carbocycles. The summed E-state index contributed by atoms with van der Waals surface area (Å²) in [6.07, 6.45) is 1.96. The van der Waals surface area contributed by atoms with Crippen LogP contribution in [0.25, 0.3) is 0 Å². The maximum absolute atomic E-state index is 13.0. The number of hydrogen-bond donors (Lipinski definition) is 0. The van der Waals surface area contributed by atoms with Crippen molar-refractivity contribution in [2.75, 3.05) is 6.61 Å². The van der Waals surface area contributed by atoms with Crippen molar-refractivity contribution in [3.63, 3.8) is 0 Å². The first kappa shape index (κ1) is 11.4. The van der Waals surface area contributed by atoms with Crippen molar-refractivity contribution < 1.29 is 9.13 Å². The van der Waals surface area contributed by atoms with Crippen LogP contribution in [-0.4, -0.2) is 16.6 Å². The molecule has 0 amide bonds. The van der Waals surface area contributed by atoms with Gasteiger partial charge in [0.05, 0.1) is 6.61 Å². The van der Waals surface area contributed by atoms with Crippen molar-refractivity contribution in [2.45, 2.75) is 26.7 Å². The molecule has 1 aromatic heterocycles. The van der Waals surface area contributed by atoms with E-state index in [1.165, 1.54) is 0 Å². The van der Waals surface area contributed by atoms with Crippen LogP contribution in [0.3, 0.4) is 0 Å². The third kappa shape index (κ3) is 2.90. The third-order valence-corrected chi connectivity index (χ3v) is 2.19. The van der Waals surface area contributed by atoms with Crippen LogP contribution in [0, 0.1) is 12.9 Å². The fourth-order valence-electron chi connectivity index (χ4n) is 0.907. The Labute approximate surface area is 90.8 Å². The highest BCUT2D eigenvalue weighted by Gasteiger charge is 2.09. The summed E-state index contributed by atoms with van der Waals surface area (Å²) in [6, 6.07) is 0. The highest BCUT2D eigenvalue weighted by Crippen LogP contribution is 2.18. The van der Waals surface area contributed by atoms with Crippen LogP contribution >= 0.6 is 15.9 Å². The summed E-state index contributed by atoms with van der Waals surface area (Å²) in [5, 5.41) is 0. The lowest BCUT2D eigenvalue weighted by Crippen LogP contribution is -2.04. The highest BCUT2D eigenvalue weighted by molar-refractivity contribution is 9.10. The summed E-state index contributed by atoms with van der Waals surface area (Å²) in [6.45, 7) is 4.34. The Morgan fingerprint density at radius 3 is 2.79 bits per heavy atom. The minimum atomic E-state index is -0.637. The average molecular weight is 263 g/mol. The molecule has 14 heavy (non-hydrogen) atoms. The molecule has 78 valence electrons. The van der Waals surface area contributed by atoms with Crippen molar-refractivity contribution in [2.24, 2.45) is 0 Å². The normalized spacial score (nSPS) is 10.3. The SMILES string of the molecule is CCCCOc1nc(F)c(Br)nc1C. The molecule has 0 bridgehead atoms. The van der Waals surface area contributed by atoms with E-state index in [2.05, 4.69) is 32.8 Å². The zero-order valence-electron chi connectivity index (χ0n) is 8.18. The molecule has 0 fully saturated rings. The Morgan fingerprint density at radius 2 is 2.14 bits per heavy atom. The minimum Gasteiger partial charge on any atom is -0.476 e. The average Bonchev–Trinajstić information content (AvgIpc) is 2.14. The third-order valence-electron chi connectivity index (χ3n) is 1.68. The van der Waals surface area contributed by atoms with Gasteiger partial charge in [-0.1, -0.05) is 13.3 Å². The van der Waals surface area contributed by atoms with Crippen molar-refractivity contribution >= 4 is 15.9 Å². The van der Waals surface area contributed by atoms with Crippen LogP contribution < -0.4 is 4.74 Å². The molecular weight excluding hydrogens is 251 g/mol. The minimum absolute atomic E-state index is 0.123. The number of hydrogen-bond acceptors (Lipinski definition) is 3. The zero-order valence-corrected chi connectivity index (χ0v) is 9.77. The first-order chi connectivity index (χ1) is 6.65. The predicted octanol–water partition coefficient (Wildman–Crippen LogP) is 2.87. The van der Waals surface area contributed by atoms with Gasteiger partial charge in [-0.05, 0) is 29.3 Å². The van der Waals surface area contributed by atoms with E-state index in [0.29, 0.717) is 12.3 Å². The number of nitrogens with zero attached hydrogens (tertiary/aromatic N) is 2. The smallest absolute Gasteiger partial charge is 0.249 e. The topological polar surface area (TPSA) is 35.0 Å². The highest BCUT2D eigenvalue weighted by atomic mass is 79.9.